The van der Waals surface area contributed by atoms with E-state index < -0.39 is 12.0 Å². The molecule has 0 aromatic rings. The lowest BCUT2D eigenvalue weighted by molar-refractivity contribution is -0.148. The van der Waals surface area contributed by atoms with E-state index in [4.69, 9.17) is 0 Å². The van der Waals surface area contributed by atoms with E-state index in [2.05, 4.69) is 23.9 Å². The van der Waals surface area contributed by atoms with Gasteiger partial charge in [-0.25, -0.2) is 0 Å². The van der Waals surface area contributed by atoms with Crippen LogP contribution >= 0.6 is 0 Å². The first-order valence-electron chi connectivity index (χ1n) is 8.33. The third kappa shape index (κ3) is 4.22. The Labute approximate surface area is 137 Å². The highest BCUT2D eigenvalue weighted by Gasteiger charge is 2.36. The highest BCUT2D eigenvalue weighted by atomic mass is 16.5. The van der Waals surface area contributed by atoms with Crippen molar-refractivity contribution < 1.29 is 19.1 Å². The van der Waals surface area contributed by atoms with Gasteiger partial charge in [-0.05, 0) is 33.1 Å². The molecule has 130 valence electrons. The van der Waals surface area contributed by atoms with Crippen LogP contribution in [0.25, 0.3) is 0 Å². The van der Waals surface area contributed by atoms with Gasteiger partial charge in [-0.1, -0.05) is 0 Å². The van der Waals surface area contributed by atoms with Crippen LogP contribution in [0.5, 0.6) is 0 Å². The van der Waals surface area contributed by atoms with E-state index in [0.717, 1.165) is 19.3 Å². The smallest absolute Gasteiger partial charge is 0.307 e. The molecule has 0 bridgehead atoms. The second kappa shape index (κ2) is 7.77. The summed E-state index contributed by atoms with van der Waals surface area (Å²) in [7, 11) is 1.30. The van der Waals surface area contributed by atoms with Crippen LogP contribution in [0, 0.1) is 0 Å². The van der Waals surface area contributed by atoms with Gasteiger partial charge < -0.3 is 15.0 Å². The van der Waals surface area contributed by atoms with Crippen molar-refractivity contribution in [2.75, 3.05) is 26.7 Å². The van der Waals surface area contributed by atoms with Crippen LogP contribution in [0.3, 0.4) is 0 Å². The summed E-state index contributed by atoms with van der Waals surface area (Å²) in [6.45, 7) is 5.37. The Hall–Kier alpha value is -1.63. The van der Waals surface area contributed by atoms with Gasteiger partial charge in [0.2, 0.25) is 11.8 Å². The first kappa shape index (κ1) is 17.7. The summed E-state index contributed by atoms with van der Waals surface area (Å²) < 4.78 is 4.66. The molecule has 0 radical (unpaired) electrons. The number of ether oxygens (including phenoxy) is 1. The van der Waals surface area contributed by atoms with Crippen LogP contribution in [-0.2, 0) is 19.1 Å². The molecule has 2 fully saturated rings. The number of esters is 1. The zero-order valence-electron chi connectivity index (χ0n) is 14.2. The van der Waals surface area contributed by atoms with Crippen molar-refractivity contribution in [2.45, 2.75) is 57.7 Å². The average Bonchev–Trinajstić information content (AvgIpc) is 2.50. The highest BCUT2D eigenvalue weighted by Crippen LogP contribution is 2.23. The molecule has 7 heteroatoms. The predicted molar refractivity (Wildman–Crippen MR) is 84.6 cm³/mol. The standard InChI is InChI=1S/C16H27N3O4/c1-11-5-4-6-12(2)19(11)14(20)10-18-8-7-17-16(22)13(18)9-15(21)23-3/h11-13H,4-10H2,1-3H3,(H,17,22)/t11-,12-,13+/m0/s1. The Morgan fingerprint density at radius 1 is 1.26 bits per heavy atom. The summed E-state index contributed by atoms with van der Waals surface area (Å²) in [4.78, 5) is 40.1. The zero-order chi connectivity index (χ0) is 17.0. The van der Waals surface area contributed by atoms with Crippen LogP contribution in [0.4, 0.5) is 0 Å². The molecule has 2 aliphatic heterocycles. The van der Waals surface area contributed by atoms with Crippen molar-refractivity contribution in [3.05, 3.63) is 0 Å². The lowest BCUT2D eigenvalue weighted by atomic mass is 9.97. The summed E-state index contributed by atoms with van der Waals surface area (Å²) in [5.41, 5.74) is 0. The van der Waals surface area contributed by atoms with Gasteiger partial charge >= 0.3 is 5.97 Å². The number of nitrogens with one attached hydrogen (secondary N) is 1. The maximum atomic E-state index is 12.7. The van der Waals surface area contributed by atoms with Gasteiger partial charge in [-0.3, -0.25) is 19.3 Å². The zero-order valence-corrected chi connectivity index (χ0v) is 14.2. The molecule has 0 spiro atoms. The molecule has 3 atom stereocenters. The third-order valence-electron chi connectivity index (χ3n) is 4.85. The van der Waals surface area contributed by atoms with Crippen molar-refractivity contribution in [1.29, 1.82) is 0 Å². The van der Waals surface area contributed by atoms with Gasteiger partial charge in [-0.15, -0.1) is 0 Å². The number of carbonyl (C=O) groups excluding carboxylic acids is 3. The summed E-state index contributed by atoms with van der Waals surface area (Å²) in [5.74, 6) is -0.618. The van der Waals surface area contributed by atoms with Crippen LogP contribution in [0.1, 0.15) is 39.5 Å². The van der Waals surface area contributed by atoms with E-state index in [9.17, 15) is 14.4 Å². The van der Waals surface area contributed by atoms with Gasteiger partial charge in [0, 0.05) is 25.2 Å². The minimum Gasteiger partial charge on any atom is -0.469 e. The second-order valence-corrected chi connectivity index (χ2v) is 6.49. The second-order valence-electron chi connectivity index (χ2n) is 6.49. The summed E-state index contributed by atoms with van der Waals surface area (Å²) in [6.07, 6.45) is 3.15. The van der Waals surface area contributed by atoms with Crippen LogP contribution < -0.4 is 5.32 Å². The highest BCUT2D eigenvalue weighted by molar-refractivity contribution is 5.88. The quantitative estimate of drug-likeness (QED) is 0.744. The normalized spacial score (nSPS) is 29.1. The Bertz CT molecular complexity index is 458. The molecule has 2 amide bonds. The number of hydrogen-bond donors (Lipinski definition) is 1. The minimum atomic E-state index is -0.629. The lowest BCUT2D eigenvalue weighted by Gasteiger charge is -2.41. The first-order chi connectivity index (χ1) is 10.9. The number of nitrogens with zero attached hydrogens (tertiary/aromatic N) is 2. The number of piperidine rings is 1. The number of amides is 2. The number of carbonyl (C=O) groups is 3. The molecule has 2 aliphatic rings. The van der Waals surface area contributed by atoms with Gasteiger partial charge in [0.15, 0.2) is 0 Å². The van der Waals surface area contributed by atoms with E-state index in [1.165, 1.54) is 7.11 Å². The molecule has 0 unspecified atom stereocenters. The minimum absolute atomic E-state index is 0.0271. The molecule has 0 aromatic heterocycles. The van der Waals surface area contributed by atoms with Gasteiger partial charge in [0.1, 0.15) is 6.04 Å². The van der Waals surface area contributed by atoms with Crippen LogP contribution in [0.15, 0.2) is 0 Å². The third-order valence-corrected chi connectivity index (χ3v) is 4.85. The van der Waals surface area contributed by atoms with E-state index in [1.807, 2.05) is 4.90 Å². The molecule has 0 aliphatic carbocycles. The number of likely N-dealkylation sites (tertiary alicyclic amines) is 1. The SMILES string of the molecule is COC(=O)C[C@@H]1C(=O)NCCN1CC(=O)N1[C@@H](C)CCC[C@@H]1C. The molecule has 0 saturated carbocycles. The maximum Gasteiger partial charge on any atom is 0.307 e. The van der Waals surface area contributed by atoms with Gasteiger partial charge in [0.25, 0.3) is 0 Å². The van der Waals surface area contributed by atoms with Crippen molar-refractivity contribution in [3.63, 3.8) is 0 Å². The Kier molecular flexibility index (Phi) is 5.98. The van der Waals surface area contributed by atoms with Crippen LogP contribution in [0.2, 0.25) is 0 Å². The molecular formula is C16H27N3O4. The van der Waals surface area contributed by atoms with Crippen molar-refractivity contribution in [3.8, 4) is 0 Å². The van der Waals surface area contributed by atoms with Crippen molar-refractivity contribution >= 4 is 17.8 Å². The molecule has 2 saturated heterocycles. The number of hydrogen-bond acceptors (Lipinski definition) is 5. The number of rotatable bonds is 4. The molecule has 23 heavy (non-hydrogen) atoms. The van der Waals surface area contributed by atoms with E-state index in [-0.39, 0.29) is 36.9 Å². The molecular weight excluding hydrogens is 298 g/mol. The van der Waals surface area contributed by atoms with Gasteiger partial charge in [0.05, 0.1) is 20.1 Å². The summed E-state index contributed by atoms with van der Waals surface area (Å²) >= 11 is 0. The number of methoxy groups -OCH3 is 1. The fraction of sp³-hybridized carbons (Fsp3) is 0.812. The maximum absolute atomic E-state index is 12.7. The van der Waals surface area contributed by atoms with Crippen molar-refractivity contribution in [1.82, 2.24) is 15.1 Å². The van der Waals surface area contributed by atoms with Crippen LogP contribution in [-0.4, -0.2) is 72.5 Å². The molecule has 0 aromatic carbocycles. The Morgan fingerprint density at radius 2 is 1.91 bits per heavy atom. The topological polar surface area (TPSA) is 79.0 Å². The summed E-state index contributed by atoms with van der Waals surface area (Å²) in [5, 5.41) is 2.75. The molecule has 2 rings (SSSR count). The average molecular weight is 325 g/mol. The number of piperazine rings is 1. The van der Waals surface area contributed by atoms with E-state index >= 15 is 0 Å². The van der Waals surface area contributed by atoms with E-state index in [1.54, 1.807) is 4.90 Å². The molecule has 2 heterocycles. The monoisotopic (exact) mass is 325 g/mol. The molecule has 1 N–H and O–H groups in total. The largest absolute Gasteiger partial charge is 0.469 e. The first-order valence-corrected chi connectivity index (χ1v) is 8.33. The fourth-order valence-electron chi connectivity index (χ4n) is 3.58. The fourth-order valence-corrected chi connectivity index (χ4v) is 3.58. The Balaban J connectivity index is 2.04. The lowest BCUT2D eigenvalue weighted by Crippen LogP contribution is -2.59. The van der Waals surface area contributed by atoms with Crippen molar-refractivity contribution in [2.24, 2.45) is 0 Å². The summed E-state index contributed by atoms with van der Waals surface area (Å²) in [6, 6.07) is -0.177. The molecule has 7 nitrogen and oxygen atoms in total. The Morgan fingerprint density at radius 3 is 2.52 bits per heavy atom. The van der Waals surface area contributed by atoms with Gasteiger partial charge in [-0.2, -0.15) is 0 Å². The van der Waals surface area contributed by atoms with E-state index in [0.29, 0.717) is 13.1 Å². The predicted octanol–water partition coefficient (Wildman–Crippen LogP) is 0.139.